The van der Waals surface area contributed by atoms with Gasteiger partial charge in [0.1, 0.15) is 0 Å². The Kier molecular flexibility index (Phi) is 3.18. The second kappa shape index (κ2) is 4.09. The Hall–Kier alpha value is 0.375. The van der Waals surface area contributed by atoms with Crippen LogP contribution in [0.2, 0.25) is 0 Å². The van der Waals surface area contributed by atoms with Crippen molar-refractivity contribution < 1.29 is 10.0 Å². The maximum Gasteiger partial charge on any atom is 0.489 e. The summed E-state index contributed by atoms with van der Waals surface area (Å²) in [4.78, 5) is 0. The fourth-order valence-corrected chi connectivity index (χ4v) is 3.89. The van der Waals surface area contributed by atoms with Gasteiger partial charge in [-0.15, -0.1) is 11.3 Å². The first-order chi connectivity index (χ1) is 6.61. The van der Waals surface area contributed by atoms with Crippen molar-refractivity contribution >= 4 is 72.5 Å². The van der Waals surface area contributed by atoms with Gasteiger partial charge in [0.15, 0.2) is 0 Å². The minimum atomic E-state index is -1.40. The lowest BCUT2D eigenvalue weighted by Crippen LogP contribution is -2.29. The number of fused-ring (bicyclic) bond motifs is 1. The van der Waals surface area contributed by atoms with Crippen LogP contribution >= 0.6 is 49.9 Å². The number of thiophene rings is 1. The van der Waals surface area contributed by atoms with Crippen LogP contribution in [0, 0.1) is 2.88 Å². The van der Waals surface area contributed by atoms with Crippen molar-refractivity contribution in [3.8, 4) is 0 Å². The molecule has 1 aromatic heterocycles. The van der Waals surface area contributed by atoms with E-state index in [1.165, 1.54) is 0 Å². The summed E-state index contributed by atoms with van der Waals surface area (Å²) in [5.74, 6) is 0. The molecule has 72 valence electrons. The molecule has 14 heavy (non-hydrogen) atoms. The van der Waals surface area contributed by atoms with Crippen LogP contribution in [0.1, 0.15) is 0 Å². The highest BCUT2D eigenvalue weighted by Gasteiger charge is 2.18. The molecule has 0 bridgehead atoms. The molecule has 2 N–H and O–H groups in total. The molecule has 2 rings (SSSR count). The molecule has 2 nitrogen and oxygen atoms in total. The molecule has 2 aromatic rings. The summed E-state index contributed by atoms with van der Waals surface area (Å²) < 4.78 is 3.07. The predicted octanol–water partition coefficient (Wildman–Crippen LogP) is 1.95. The second-order valence-electron chi connectivity index (χ2n) is 2.79. The predicted molar refractivity (Wildman–Crippen MR) is 72.1 cm³/mol. The van der Waals surface area contributed by atoms with E-state index in [1.807, 2.05) is 12.1 Å². The molecule has 0 amide bonds. The van der Waals surface area contributed by atoms with Crippen LogP contribution < -0.4 is 5.46 Å². The van der Waals surface area contributed by atoms with Crippen molar-refractivity contribution in [1.29, 1.82) is 0 Å². The van der Waals surface area contributed by atoms with Gasteiger partial charge in [-0.1, -0.05) is 18.2 Å². The van der Waals surface area contributed by atoms with E-state index < -0.39 is 7.12 Å². The number of hydrogen-bond donors (Lipinski definition) is 2. The molecule has 6 heteroatoms. The first-order valence-electron chi connectivity index (χ1n) is 3.84. The van der Waals surface area contributed by atoms with Crippen LogP contribution in [0.15, 0.2) is 22.7 Å². The summed E-state index contributed by atoms with van der Waals surface area (Å²) in [5, 5.41) is 19.4. The van der Waals surface area contributed by atoms with Gasteiger partial charge in [0, 0.05) is 14.6 Å². The van der Waals surface area contributed by atoms with Gasteiger partial charge in [0.2, 0.25) is 0 Å². The summed E-state index contributed by atoms with van der Waals surface area (Å²) in [6.45, 7) is 0. The van der Waals surface area contributed by atoms with Crippen LogP contribution in [-0.4, -0.2) is 17.2 Å². The third-order valence-corrected chi connectivity index (χ3v) is 5.99. The van der Waals surface area contributed by atoms with Crippen molar-refractivity contribution in [2.24, 2.45) is 0 Å². The van der Waals surface area contributed by atoms with Crippen molar-refractivity contribution in [3.05, 3.63) is 25.6 Å². The Morgan fingerprint density at radius 3 is 2.71 bits per heavy atom. The molecular weight excluding hydrogens is 378 g/mol. The Labute approximate surface area is 107 Å². The molecule has 1 heterocycles. The van der Waals surface area contributed by atoms with Gasteiger partial charge < -0.3 is 10.0 Å². The zero-order valence-electron chi connectivity index (χ0n) is 6.87. The van der Waals surface area contributed by atoms with Crippen LogP contribution in [0.4, 0.5) is 0 Å². The fraction of sp³-hybridized carbons (Fsp3) is 0. The molecule has 1 aromatic carbocycles. The first-order valence-corrected chi connectivity index (χ1v) is 6.52. The molecule has 0 fully saturated rings. The lowest BCUT2D eigenvalue weighted by Gasteiger charge is -1.99. The molecule has 0 radical (unpaired) electrons. The lowest BCUT2D eigenvalue weighted by atomic mass is 9.80. The summed E-state index contributed by atoms with van der Waals surface area (Å²) in [5.41, 5.74) is 0.566. The Morgan fingerprint density at radius 2 is 2.07 bits per heavy atom. The minimum absolute atomic E-state index is 0.566. The summed E-state index contributed by atoms with van der Waals surface area (Å²) in [7, 11) is -1.40. The molecule has 0 saturated carbocycles. The van der Waals surface area contributed by atoms with E-state index in [2.05, 4.69) is 38.5 Å². The third kappa shape index (κ3) is 1.74. The van der Waals surface area contributed by atoms with Gasteiger partial charge in [-0.25, -0.2) is 0 Å². The second-order valence-corrected chi connectivity index (χ2v) is 6.41. The summed E-state index contributed by atoms with van der Waals surface area (Å²) in [6.07, 6.45) is 0. The lowest BCUT2D eigenvalue weighted by molar-refractivity contribution is 0.426. The molecule has 0 spiro atoms. The third-order valence-electron chi connectivity index (χ3n) is 1.92. The Bertz CT molecular complexity index is 485. The van der Waals surface area contributed by atoms with Crippen LogP contribution in [0.5, 0.6) is 0 Å². The monoisotopic (exact) mass is 382 g/mol. The van der Waals surface area contributed by atoms with Crippen LogP contribution in [0.25, 0.3) is 10.1 Å². The normalized spacial score (nSPS) is 10.9. The van der Waals surface area contributed by atoms with Gasteiger partial charge in [-0.2, -0.15) is 0 Å². The van der Waals surface area contributed by atoms with E-state index in [-0.39, 0.29) is 0 Å². The van der Waals surface area contributed by atoms with Crippen molar-refractivity contribution in [1.82, 2.24) is 0 Å². The average Bonchev–Trinajstić information content (AvgIpc) is 2.43. The maximum absolute atomic E-state index is 9.17. The quantitative estimate of drug-likeness (QED) is 0.584. The SMILES string of the molecule is OB(O)c1cccc2c(Br)c(I)sc12. The number of halogens is 2. The standard InChI is InChI=1S/C8H5BBrIO2S/c10-6-4-2-1-3-5(9(12)13)7(4)14-8(6)11/h1-3,12-13H. The number of benzene rings is 1. The van der Waals surface area contributed by atoms with E-state index in [0.717, 1.165) is 17.4 Å². The van der Waals surface area contributed by atoms with E-state index in [4.69, 9.17) is 10.0 Å². The zero-order valence-corrected chi connectivity index (χ0v) is 11.4. The zero-order chi connectivity index (χ0) is 10.3. The van der Waals surface area contributed by atoms with Crippen molar-refractivity contribution in [3.63, 3.8) is 0 Å². The van der Waals surface area contributed by atoms with E-state index in [0.29, 0.717) is 5.46 Å². The largest absolute Gasteiger partial charge is 0.489 e. The Balaban J connectivity index is 2.81. The molecular formula is C8H5BBrIO2S. The molecule has 0 aliphatic rings. The van der Waals surface area contributed by atoms with E-state index in [1.54, 1.807) is 17.4 Å². The molecule has 0 unspecified atom stereocenters. The van der Waals surface area contributed by atoms with E-state index in [9.17, 15) is 0 Å². The fourth-order valence-electron chi connectivity index (χ4n) is 1.29. The van der Waals surface area contributed by atoms with Gasteiger partial charge >= 0.3 is 7.12 Å². The number of hydrogen-bond acceptors (Lipinski definition) is 3. The molecule has 0 aliphatic carbocycles. The average molecular weight is 383 g/mol. The minimum Gasteiger partial charge on any atom is -0.423 e. The maximum atomic E-state index is 9.17. The van der Waals surface area contributed by atoms with Gasteiger partial charge in [0.05, 0.1) is 2.88 Å². The van der Waals surface area contributed by atoms with Crippen molar-refractivity contribution in [2.75, 3.05) is 0 Å². The summed E-state index contributed by atoms with van der Waals surface area (Å²) >= 11 is 7.25. The topological polar surface area (TPSA) is 40.5 Å². The molecule has 0 aliphatic heterocycles. The van der Waals surface area contributed by atoms with Crippen molar-refractivity contribution in [2.45, 2.75) is 0 Å². The molecule has 0 saturated heterocycles. The van der Waals surface area contributed by atoms with E-state index >= 15 is 0 Å². The Morgan fingerprint density at radius 1 is 1.36 bits per heavy atom. The van der Waals surface area contributed by atoms with Crippen LogP contribution in [-0.2, 0) is 0 Å². The summed E-state index contributed by atoms with van der Waals surface area (Å²) in [6, 6.07) is 5.51. The smallest absolute Gasteiger partial charge is 0.423 e. The highest BCUT2D eigenvalue weighted by Crippen LogP contribution is 2.35. The van der Waals surface area contributed by atoms with Crippen LogP contribution in [0.3, 0.4) is 0 Å². The van der Waals surface area contributed by atoms with Gasteiger partial charge in [-0.05, 0) is 44.0 Å². The highest BCUT2D eigenvalue weighted by atomic mass is 127. The van der Waals surface area contributed by atoms with Gasteiger partial charge in [0.25, 0.3) is 0 Å². The molecule has 0 atom stereocenters. The number of rotatable bonds is 1. The highest BCUT2D eigenvalue weighted by molar-refractivity contribution is 14.1. The van der Waals surface area contributed by atoms with Gasteiger partial charge in [-0.3, -0.25) is 0 Å². The first kappa shape index (κ1) is 10.9.